The highest BCUT2D eigenvalue weighted by Gasteiger charge is 2.06. The molecule has 6 nitrogen and oxygen atoms in total. The third-order valence-electron chi connectivity index (χ3n) is 2.12. The summed E-state index contributed by atoms with van der Waals surface area (Å²) in [7, 11) is 0. The van der Waals surface area contributed by atoms with Gasteiger partial charge in [-0.3, -0.25) is 5.10 Å². The van der Waals surface area contributed by atoms with Gasteiger partial charge in [-0.05, 0) is 23.7 Å². The Kier molecular flexibility index (Phi) is 2.34. The molecule has 84 valence electrons. The van der Waals surface area contributed by atoms with Gasteiger partial charge in [-0.25, -0.2) is 4.99 Å². The van der Waals surface area contributed by atoms with E-state index in [0.29, 0.717) is 22.6 Å². The summed E-state index contributed by atoms with van der Waals surface area (Å²) in [5.74, 6) is 1.08. The lowest BCUT2D eigenvalue weighted by atomic mass is 10.4. The molecule has 0 aliphatic carbocycles. The van der Waals surface area contributed by atoms with E-state index in [1.165, 1.54) is 0 Å². The Hall–Kier alpha value is -2.21. The molecule has 0 atom stereocenters. The number of hydrogen-bond donors (Lipinski definition) is 1. The average Bonchev–Trinajstić information content (AvgIpc) is 2.95. The zero-order valence-electron chi connectivity index (χ0n) is 8.46. The third kappa shape index (κ3) is 1.90. The predicted octanol–water partition coefficient (Wildman–Crippen LogP) is 2.35. The first-order valence-corrected chi connectivity index (χ1v) is 5.15. The second-order valence-corrected chi connectivity index (χ2v) is 3.56. The van der Waals surface area contributed by atoms with E-state index in [0.717, 1.165) is 0 Å². The van der Waals surface area contributed by atoms with E-state index in [-0.39, 0.29) is 5.28 Å². The van der Waals surface area contributed by atoms with Crippen LogP contribution in [0.1, 0.15) is 5.76 Å². The molecule has 0 saturated carbocycles. The molecule has 0 aromatic carbocycles. The number of nitrogens with one attached hydrogen (secondary N) is 1. The van der Waals surface area contributed by atoms with Crippen molar-refractivity contribution in [1.29, 1.82) is 0 Å². The van der Waals surface area contributed by atoms with Crippen molar-refractivity contribution in [3.63, 3.8) is 0 Å². The molecule has 0 amide bonds. The van der Waals surface area contributed by atoms with Crippen molar-refractivity contribution in [2.45, 2.75) is 0 Å². The molecule has 0 aliphatic rings. The zero-order chi connectivity index (χ0) is 11.7. The molecular weight excluding hydrogens is 242 g/mol. The highest BCUT2D eigenvalue weighted by atomic mass is 35.5. The molecule has 3 heterocycles. The highest BCUT2D eigenvalue weighted by molar-refractivity contribution is 6.28. The Labute approximate surface area is 100 Å². The van der Waals surface area contributed by atoms with Gasteiger partial charge in [-0.1, -0.05) is 0 Å². The van der Waals surface area contributed by atoms with Crippen molar-refractivity contribution < 1.29 is 4.42 Å². The minimum Gasteiger partial charge on any atom is -0.463 e. The number of rotatable bonds is 2. The Morgan fingerprint density at radius 1 is 1.41 bits per heavy atom. The third-order valence-corrected chi connectivity index (χ3v) is 2.29. The minimum absolute atomic E-state index is 0.119. The fourth-order valence-corrected chi connectivity index (χ4v) is 1.55. The molecule has 3 aromatic rings. The molecule has 0 unspecified atom stereocenters. The molecule has 0 spiro atoms. The monoisotopic (exact) mass is 247 g/mol. The summed E-state index contributed by atoms with van der Waals surface area (Å²) in [6.07, 6.45) is 4.73. The Morgan fingerprint density at radius 2 is 2.35 bits per heavy atom. The molecule has 17 heavy (non-hydrogen) atoms. The molecular formula is C10H6ClN5O. The first-order valence-electron chi connectivity index (χ1n) is 4.77. The molecule has 0 radical (unpaired) electrons. The van der Waals surface area contributed by atoms with Crippen molar-refractivity contribution >= 4 is 34.7 Å². The summed E-state index contributed by atoms with van der Waals surface area (Å²) < 4.78 is 5.13. The van der Waals surface area contributed by atoms with Gasteiger partial charge >= 0.3 is 0 Å². The summed E-state index contributed by atoms with van der Waals surface area (Å²) >= 11 is 5.77. The standard InChI is InChI=1S/C10H6ClN5O/c11-10-14-8(7-5-13-16-9(7)15-10)12-4-6-2-1-3-17-6/h1-5H,(H,13,14,15,16). The lowest BCUT2D eigenvalue weighted by Gasteiger charge is -1.95. The van der Waals surface area contributed by atoms with Crippen molar-refractivity contribution in [2.75, 3.05) is 0 Å². The summed E-state index contributed by atoms with van der Waals surface area (Å²) in [6.45, 7) is 0. The normalized spacial score (nSPS) is 11.6. The quantitative estimate of drug-likeness (QED) is 0.557. The number of halogens is 1. The number of H-pyrrole nitrogens is 1. The first kappa shape index (κ1) is 9.98. The number of fused-ring (bicyclic) bond motifs is 1. The van der Waals surface area contributed by atoms with Crippen LogP contribution in [0.2, 0.25) is 5.28 Å². The van der Waals surface area contributed by atoms with Crippen LogP contribution >= 0.6 is 11.6 Å². The van der Waals surface area contributed by atoms with Crippen LogP contribution in [0.4, 0.5) is 5.82 Å². The lowest BCUT2D eigenvalue weighted by Crippen LogP contribution is -1.85. The lowest BCUT2D eigenvalue weighted by molar-refractivity contribution is 0.560. The van der Waals surface area contributed by atoms with E-state index in [1.54, 1.807) is 30.8 Å². The average molecular weight is 248 g/mol. The second kappa shape index (κ2) is 3.99. The van der Waals surface area contributed by atoms with E-state index in [4.69, 9.17) is 16.0 Å². The largest absolute Gasteiger partial charge is 0.463 e. The van der Waals surface area contributed by atoms with Crippen LogP contribution in [-0.4, -0.2) is 26.4 Å². The Balaban J connectivity index is 2.07. The van der Waals surface area contributed by atoms with Gasteiger partial charge in [0.25, 0.3) is 0 Å². The summed E-state index contributed by atoms with van der Waals surface area (Å²) in [5, 5.41) is 7.40. The number of hydrogen-bond acceptors (Lipinski definition) is 5. The van der Waals surface area contributed by atoms with Gasteiger partial charge in [-0.2, -0.15) is 15.1 Å². The predicted molar refractivity (Wildman–Crippen MR) is 62.7 cm³/mol. The number of nitrogens with zero attached hydrogens (tertiary/aromatic N) is 4. The molecule has 3 aromatic heterocycles. The smallest absolute Gasteiger partial charge is 0.226 e. The van der Waals surface area contributed by atoms with Crippen LogP contribution in [0.5, 0.6) is 0 Å². The Morgan fingerprint density at radius 3 is 3.18 bits per heavy atom. The van der Waals surface area contributed by atoms with Crippen molar-refractivity contribution in [3.8, 4) is 0 Å². The molecule has 0 aliphatic heterocycles. The minimum atomic E-state index is 0.119. The van der Waals surface area contributed by atoms with Gasteiger partial charge in [0, 0.05) is 0 Å². The van der Waals surface area contributed by atoms with Gasteiger partial charge in [0.15, 0.2) is 11.5 Å². The number of furan rings is 1. The molecule has 7 heteroatoms. The fourth-order valence-electron chi connectivity index (χ4n) is 1.38. The van der Waals surface area contributed by atoms with Crippen LogP contribution in [0, 0.1) is 0 Å². The maximum atomic E-state index is 5.77. The van der Waals surface area contributed by atoms with Gasteiger partial charge in [0.05, 0.1) is 24.1 Å². The molecule has 3 rings (SSSR count). The summed E-state index contributed by atoms with van der Waals surface area (Å²) in [5.41, 5.74) is 0.552. The van der Waals surface area contributed by atoms with E-state index in [9.17, 15) is 0 Å². The number of aliphatic imine (C=N–C) groups is 1. The topological polar surface area (TPSA) is 80.0 Å². The van der Waals surface area contributed by atoms with E-state index in [1.807, 2.05) is 0 Å². The van der Waals surface area contributed by atoms with Gasteiger partial charge in [0.1, 0.15) is 5.76 Å². The highest BCUT2D eigenvalue weighted by Crippen LogP contribution is 2.22. The maximum Gasteiger partial charge on any atom is 0.226 e. The van der Waals surface area contributed by atoms with Gasteiger partial charge < -0.3 is 4.42 Å². The van der Waals surface area contributed by atoms with E-state index < -0.39 is 0 Å². The zero-order valence-corrected chi connectivity index (χ0v) is 9.22. The van der Waals surface area contributed by atoms with Crippen LogP contribution in [0.3, 0.4) is 0 Å². The van der Waals surface area contributed by atoms with Crippen LogP contribution in [0.15, 0.2) is 34.0 Å². The molecule has 0 saturated heterocycles. The maximum absolute atomic E-state index is 5.77. The molecule has 1 N–H and O–H groups in total. The van der Waals surface area contributed by atoms with Crippen molar-refractivity contribution in [1.82, 2.24) is 20.2 Å². The van der Waals surface area contributed by atoms with Crippen LogP contribution < -0.4 is 0 Å². The van der Waals surface area contributed by atoms with E-state index in [2.05, 4.69) is 25.2 Å². The van der Waals surface area contributed by atoms with Crippen LogP contribution in [0.25, 0.3) is 11.0 Å². The SMILES string of the molecule is Clc1nc(N=Cc2ccco2)c2cn[nH]c2n1. The first-order chi connectivity index (χ1) is 8.33. The summed E-state index contributed by atoms with van der Waals surface area (Å²) in [4.78, 5) is 12.2. The number of aromatic amines is 1. The molecule has 0 bridgehead atoms. The second-order valence-electron chi connectivity index (χ2n) is 3.22. The van der Waals surface area contributed by atoms with Crippen molar-refractivity contribution in [3.05, 3.63) is 35.6 Å². The van der Waals surface area contributed by atoms with E-state index >= 15 is 0 Å². The van der Waals surface area contributed by atoms with Crippen LogP contribution in [-0.2, 0) is 0 Å². The fraction of sp³-hybridized carbons (Fsp3) is 0. The Bertz CT molecular complexity index is 673. The van der Waals surface area contributed by atoms with Gasteiger partial charge in [-0.15, -0.1) is 0 Å². The number of aromatic nitrogens is 4. The van der Waals surface area contributed by atoms with Crippen molar-refractivity contribution in [2.24, 2.45) is 4.99 Å². The summed E-state index contributed by atoms with van der Waals surface area (Å²) in [6, 6.07) is 3.57. The van der Waals surface area contributed by atoms with Gasteiger partial charge in [0.2, 0.25) is 5.28 Å². The molecule has 0 fully saturated rings.